The van der Waals surface area contributed by atoms with E-state index in [2.05, 4.69) is 26.6 Å². The molecule has 0 heterocycles. The minimum Gasteiger partial charge on any atom is -0.481 e. The van der Waals surface area contributed by atoms with Crippen molar-refractivity contribution in [2.45, 2.75) is 45.2 Å². The Morgan fingerprint density at radius 1 is 1.19 bits per heavy atom. The summed E-state index contributed by atoms with van der Waals surface area (Å²) < 4.78 is 0.995. The average Bonchev–Trinajstić information content (AvgIpc) is 2.38. The number of benzene rings is 1. The fourth-order valence-corrected chi connectivity index (χ4v) is 2.19. The third kappa shape index (κ3) is 7.13. The van der Waals surface area contributed by atoms with Crippen LogP contribution in [0.25, 0.3) is 0 Å². The second-order valence-electron chi connectivity index (χ2n) is 5.08. The first-order valence-electron chi connectivity index (χ1n) is 6.92. The number of carboxylic acid groups (broad SMARTS) is 1. The van der Waals surface area contributed by atoms with Gasteiger partial charge in [0, 0.05) is 16.9 Å². The molecule has 0 aliphatic carbocycles. The van der Waals surface area contributed by atoms with E-state index >= 15 is 0 Å². The summed E-state index contributed by atoms with van der Waals surface area (Å²) in [6.45, 7) is 3.78. The molecule has 2 atom stereocenters. The Morgan fingerprint density at radius 2 is 1.81 bits per heavy atom. The first-order valence-corrected chi connectivity index (χ1v) is 7.72. The third-order valence-electron chi connectivity index (χ3n) is 3.12. The van der Waals surface area contributed by atoms with Crippen molar-refractivity contribution < 1.29 is 14.7 Å². The van der Waals surface area contributed by atoms with Crippen molar-refractivity contribution in [2.75, 3.05) is 0 Å². The molecule has 21 heavy (non-hydrogen) atoms. The molecule has 1 aromatic carbocycles. The largest absolute Gasteiger partial charge is 0.481 e. The van der Waals surface area contributed by atoms with Crippen molar-refractivity contribution >= 4 is 27.9 Å². The number of amides is 2. The van der Waals surface area contributed by atoms with Gasteiger partial charge in [-0.1, -0.05) is 28.1 Å². The number of aliphatic carboxylic acids is 1. The van der Waals surface area contributed by atoms with Gasteiger partial charge in [-0.2, -0.15) is 0 Å². The molecular weight excluding hydrogens is 336 g/mol. The fraction of sp³-hybridized carbons (Fsp3) is 0.467. The van der Waals surface area contributed by atoms with Gasteiger partial charge < -0.3 is 15.7 Å². The van der Waals surface area contributed by atoms with Crippen LogP contribution in [-0.2, 0) is 4.79 Å². The topological polar surface area (TPSA) is 78.4 Å². The van der Waals surface area contributed by atoms with Crippen molar-refractivity contribution in [3.8, 4) is 0 Å². The molecule has 2 amide bonds. The quantitative estimate of drug-likeness (QED) is 0.699. The van der Waals surface area contributed by atoms with Crippen LogP contribution >= 0.6 is 15.9 Å². The molecule has 0 aliphatic rings. The van der Waals surface area contributed by atoms with E-state index < -0.39 is 5.97 Å². The van der Waals surface area contributed by atoms with E-state index in [1.807, 2.05) is 38.1 Å². The second-order valence-corrected chi connectivity index (χ2v) is 5.99. The van der Waals surface area contributed by atoms with E-state index in [4.69, 9.17) is 5.11 Å². The lowest BCUT2D eigenvalue weighted by atomic mass is 10.1. The maximum atomic E-state index is 11.9. The molecule has 0 saturated carbocycles. The highest BCUT2D eigenvalue weighted by molar-refractivity contribution is 9.10. The number of urea groups is 1. The highest BCUT2D eigenvalue weighted by Gasteiger charge is 2.12. The lowest BCUT2D eigenvalue weighted by Gasteiger charge is -2.18. The van der Waals surface area contributed by atoms with Crippen molar-refractivity contribution in [2.24, 2.45) is 0 Å². The summed E-state index contributed by atoms with van der Waals surface area (Å²) >= 11 is 3.37. The van der Waals surface area contributed by atoms with Crippen LogP contribution < -0.4 is 10.6 Å². The molecule has 116 valence electrons. The van der Waals surface area contributed by atoms with E-state index in [9.17, 15) is 9.59 Å². The molecule has 2 unspecified atom stereocenters. The van der Waals surface area contributed by atoms with Crippen molar-refractivity contribution in [3.05, 3.63) is 34.3 Å². The first-order chi connectivity index (χ1) is 9.88. The summed E-state index contributed by atoms with van der Waals surface area (Å²) in [5.41, 5.74) is 1.02. The van der Waals surface area contributed by atoms with Gasteiger partial charge in [-0.3, -0.25) is 4.79 Å². The molecule has 0 fully saturated rings. The molecule has 1 rings (SSSR count). The first kappa shape index (κ1) is 17.5. The van der Waals surface area contributed by atoms with Gasteiger partial charge in [0.05, 0.1) is 6.04 Å². The van der Waals surface area contributed by atoms with Gasteiger partial charge in [0.2, 0.25) is 0 Å². The van der Waals surface area contributed by atoms with Gasteiger partial charge >= 0.3 is 12.0 Å². The van der Waals surface area contributed by atoms with Gasteiger partial charge in [-0.25, -0.2) is 4.79 Å². The molecule has 0 aliphatic heterocycles. The highest BCUT2D eigenvalue weighted by Crippen LogP contribution is 2.16. The lowest BCUT2D eigenvalue weighted by molar-refractivity contribution is -0.137. The Kier molecular flexibility index (Phi) is 7.22. The maximum Gasteiger partial charge on any atom is 0.315 e. The summed E-state index contributed by atoms with van der Waals surface area (Å²) in [4.78, 5) is 22.3. The van der Waals surface area contributed by atoms with Crippen LogP contribution in [0.1, 0.15) is 44.7 Å². The van der Waals surface area contributed by atoms with Crippen LogP contribution in [0.3, 0.4) is 0 Å². The van der Waals surface area contributed by atoms with Crippen LogP contribution in [0.15, 0.2) is 28.7 Å². The standard InChI is InChI=1S/C15H21BrN2O3/c1-10(4-3-5-14(19)20)17-15(21)18-11(2)12-6-8-13(16)9-7-12/h6-11H,3-5H2,1-2H3,(H,19,20)(H2,17,18,21). The zero-order valence-electron chi connectivity index (χ0n) is 12.2. The SMILES string of the molecule is CC(CCCC(=O)O)NC(=O)NC(C)c1ccc(Br)cc1. The van der Waals surface area contributed by atoms with Crippen LogP contribution in [0, 0.1) is 0 Å². The number of rotatable bonds is 7. The molecule has 6 heteroatoms. The smallest absolute Gasteiger partial charge is 0.315 e. The Labute approximate surface area is 133 Å². The summed E-state index contributed by atoms with van der Waals surface area (Å²) in [5.74, 6) is -0.810. The number of carbonyl (C=O) groups is 2. The molecule has 0 bridgehead atoms. The molecule has 0 saturated heterocycles. The van der Waals surface area contributed by atoms with E-state index in [0.29, 0.717) is 12.8 Å². The number of nitrogens with one attached hydrogen (secondary N) is 2. The molecule has 0 radical (unpaired) electrons. The van der Waals surface area contributed by atoms with Crippen molar-refractivity contribution in [1.29, 1.82) is 0 Å². The third-order valence-corrected chi connectivity index (χ3v) is 3.65. The zero-order chi connectivity index (χ0) is 15.8. The summed E-state index contributed by atoms with van der Waals surface area (Å²) in [6, 6.07) is 7.37. The van der Waals surface area contributed by atoms with Gasteiger partial charge in [-0.15, -0.1) is 0 Å². The minimum absolute atomic E-state index is 0.0542. The van der Waals surface area contributed by atoms with Gasteiger partial charge in [0.1, 0.15) is 0 Å². The minimum atomic E-state index is -0.810. The van der Waals surface area contributed by atoms with Crippen LogP contribution in [0.4, 0.5) is 4.79 Å². The summed E-state index contributed by atoms with van der Waals surface area (Å²) in [6.07, 6.45) is 1.33. The number of carboxylic acids is 1. The van der Waals surface area contributed by atoms with Gasteiger partial charge in [0.25, 0.3) is 0 Å². The summed E-state index contributed by atoms with van der Waals surface area (Å²) in [7, 11) is 0. The van der Waals surface area contributed by atoms with E-state index in [0.717, 1.165) is 10.0 Å². The Balaban J connectivity index is 2.35. The number of hydrogen-bond acceptors (Lipinski definition) is 2. The van der Waals surface area contributed by atoms with Crippen LogP contribution in [0.2, 0.25) is 0 Å². The van der Waals surface area contributed by atoms with Crippen LogP contribution in [0.5, 0.6) is 0 Å². The highest BCUT2D eigenvalue weighted by atomic mass is 79.9. The number of hydrogen-bond donors (Lipinski definition) is 3. The van der Waals surface area contributed by atoms with Gasteiger partial charge in [0.15, 0.2) is 0 Å². The normalized spacial score (nSPS) is 13.3. The Morgan fingerprint density at radius 3 is 2.38 bits per heavy atom. The van der Waals surface area contributed by atoms with Crippen molar-refractivity contribution in [1.82, 2.24) is 10.6 Å². The van der Waals surface area contributed by atoms with Gasteiger partial charge in [-0.05, 0) is 44.4 Å². The number of halogens is 1. The predicted molar refractivity (Wildman–Crippen MR) is 85.2 cm³/mol. The van der Waals surface area contributed by atoms with Crippen molar-refractivity contribution in [3.63, 3.8) is 0 Å². The van der Waals surface area contributed by atoms with E-state index in [-0.39, 0.29) is 24.5 Å². The Hall–Kier alpha value is -1.56. The molecular formula is C15H21BrN2O3. The monoisotopic (exact) mass is 356 g/mol. The number of carbonyl (C=O) groups excluding carboxylic acids is 1. The fourth-order valence-electron chi connectivity index (χ4n) is 1.93. The molecule has 5 nitrogen and oxygen atoms in total. The maximum absolute atomic E-state index is 11.9. The lowest BCUT2D eigenvalue weighted by Crippen LogP contribution is -2.41. The molecule has 0 aromatic heterocycles. The van der Waals surface area contributed by atoms with E-state index in [1.54, 1.807) is 0 Å². The average molecular weight is 357 g/mol. The van der Waals surface area contributed by atoms with Crippen LogP contribution in [-0.4, -0.2) is 23.1 Å². The molecule has 1 aromatic rings. The predicted octanol–water partition coefficient (Wildman–Crippen LogP) is 3.45. The zero-order valence-corrected chi connectivity index (χ0v) is 13.8. The summed E-state index contributed by atoms with van der Waals surface area (Å²) in [5, 5.41) is 14.2. The second kappa shape index (κ2) is 8.67. The molecule has 3 N–H and O–H groups in total. The Bertz CT molecular complexity index is 476. The molecule has 0 spiro atoms. The van der Waals surface area contributed by atoms with E-state index in [1.165, 1.54) is 0 Å².